The number of rotatable bonds is 4. The first-order valence-corrected chi connectivity index (χ1v) is 9.60. The fourth-order valence-electron chi connectivity index (χ4n) is 2.75. The molecule has 4 aromatic rings. The van der Waals surface area contributed by atoms with Gasteiger partial charge < -0.3 is 5.32 Å². The Morgan fingerprint density at radius 3 is 2.48 bits per heavy atom. The number of anilines is 1. The molecule has 0 aliphatic rings. The van der Waals surface area contributed by atoms with Crippen molar-refractivity contribution in [1.29, 1.82) is 0 Å². The summed E-state index contributed by atoms with van der Waals surface area (Å²) in [7, 11) is 0. The Hall–Kier alpha value is -3.60. The normalized spacial score (nSPS) is 11.4. The van der Waals surface area contributed by atoms with Crippen LogP contribution < -0.4 is 5.32 Å². The molecule has 0 bridgehead atoms. The van der Waals surface area contributed by atoms with E-state index in [9.17, 15) is 18.0 Å². The van der Waals surface area contributed by atoms with E-state index in [-0.39, 0.29) is 17.3 Å². The average Bonchev–Trinajstić information content (AvgIpc) is 3.21. The van der Waals surface area contributed by atoms with Crippen LogP contribution in [0.2, 0.25) is 0 Å². The van der Waals surface area contributed by atoms with Gasteiger partial charge in [-0.2, -0.15) is 18.3 Å². The van der Waals surface area contributed by atoms with Gasteiger partial charge in [0, 0.05) is 22.4 Å². The zero-order valence-electron chi connectivity index (χ0n) is 15.5. The summed E-state index contributed by atoms with van der Waals surface area (Å²) in [5, 5.41) is 14.2. The zero-order chi connectivity index (χ0) is 22.0. The highest BCUT2D eigenvalue weighted by atomic mass is 79.9. The van der Waals surface area contributed by atoms with Crippen molar-refractivity contribution in [3.8, 4) is 17.1 Å². The second kappa shape index (κ2) is 8.26. The van der Waals surface area contributed by atoms with Crippen molar-refractivity contribution in [1.82, 2.24) is 25.0 Å². The molecule has 11 heteroatoms. The Kier molecular flexibility index (Phi) is 5.51. The first-order chi connectivity index (χ1) is 14.8. The maximum atomic E-state index is 13.6. The molecular formula is C20H12BrF3N6O. The number of hydrogen-bond donors (Lipinski definition) is 1. The first kappa shape index (κ1) is 20.7. The zero-order valence-corrected chi connectivity index (χ0v) is 17.1. The average molecular weight is 489 g/mol. The number of pyridine rings is 1. The molecule has 4 rings (SSSR count). The van der Waals surface area contributed by atoms with Gasteiger partial charge in [0.2, 0.25) is 0 Å². The number of hydrogen-bond acceptors (Lipinski definition) is 5. The molecular weight excluding hydrogens is 477 g/mol. The fraction of sp³-hybridized carbons (Fsp3) is 0.0500. The van der Waals surface area contributed by atoms with Crippen LogP contribution in [0.1, 0.15) is 16.1 Å². The molecule has 0 aliphatic heterocycles. The van der Waals surface area contributed by atoms with Crippen molar-refractivity contribution < 1.29 is 18.0 Å². The van der Waals surface area contributed by atoms with Crippen LogP contribution in [0.15, 0.2) is 71.5 Å². The standard InChI is InChI=1S/C20H12BrF3N6O/c21-14-6-2-1-5-13(14)19(31)26-17-7-8-18(28-27-17)30-16(20(22,23)24)10-15(29-30)12-4-3-9-25-11-12/h1-11H,(H,26,27,31). The lowest BCUT2D eigenvalue weighted by atomic mass is 10.2. The molecule has 3 heterocycles. The number of carbonyl (C=O) groups is 1. The Morgan fingerprint density at radius 1 is 1.03 bits per heavy atom. The molecule has 0 fully saturated rings. The first-order valence-electron chi connectivity index (χ1n) is 8.80. The summed E-state index contributed by atoms with van der Waals surface area (Å²) < 4.78 is 41.9. The Morgan fingerprint density at radius 2 is 1.84 bits per heavy atom. The van der Waals surface area contributed by atoms with Crippen LogP contribution in [0, 0.1) is 0 Å². The van der Waals surface area contributed by atoms with E-state index < -0.39 is 17.8 Å². The molecule has 7 nitrogen and oxygen atoms in total. The van der Waals surface area contributed by atoms with Crippen molar-refractivity contribution in [2.45, 2.75) is 6.18 Å². The van der Waals surface area contributed by atoms with Gasteiger partial charge in [0.25, 0.3) is 5.91 Å². The lowest BCUT2D eigenvalue weighted by Gasteiger charge is -2.09. The van der Waals surface area contributed by atoms with E-state index in [1.54, 1.807) is 36.4 Å². The summed E-state index contributed by atoms with van der Waals surface area (Å²) in [6.45, 7) is 0. The Balaban J connectivity index is 1.64. The molecule has 0 spiro atoms. The van der Waals surface area contributed by atoms with Crippen LogP contribution >= 0.6 is 15.9 Å². The molecule has 0 unspecified atom stereocenters. The van der Waals surface area contributed by atoms with Crippen LogP contribution in [0.3, 0.4) is 0 Å². The third kappa shape index (κ3) is 4.45. The van der Waals surface area contributed by atoms with Crippen molar-refractivity contribution >= 4 is 27.7 Å². The molecule has 0 radical (unpaired) electrons. The van der Waals surface area contributed by atoms with E-state index in [0.29, 0.717) is 20.3 Å². The minimum Gasteiger partial charge on any atom is -0.305 e. The highest BCUT2D eigenvalue weighted by Crippen LogP contribution is 2.33. The van der Waals surface area contributed by atoms with E-state index >= 15 is 0 Å². The largest absolute Gasteiger partial charge is 0.433 e. The lowest BCUT2D eigenvalue weighted by Crippen LogP contribution is -2.16. The SMILES string of the molecule is O=C(Nc1ccc(-n2nc(-c3cccnc3)cc2C(F)(F)F)nn1)c1ccccc1Br. The summed E-state index contributed by atoms with van der Waals surface area (Å²) in [6.07, 6.45) is -1.74. The van der Waals surface area contributed by atoms with Gasteiger partial charge in [-0.15, -0.1) is 10.2 Å². The minimum atomic E-state index is -4.67. The number of halogens is 4. The van der Waals surface area contributed by atoms with E-state index in [1.807, 2.05) is 0 Å². The van der Waals surface area contributed by atoms with Gasteiger partial charge in [0.15, 0.2) is 17.3 Å². The predicted molar refractivity (Wildman–Crippen MR) is 109 cm³/mol. The second-order valence-corrected chi connectivity index (χ2v) is 7.13. The van der Waals surface area contributed by atoms with Crippen LogP contribution in [0.25, 0.3) is 17.1 Å². The van der Waals surface area contributed by atoms with Crippen LogP contribution in [0.4, 0.5) is 19.0 Å². The van der Waals surface area contributed by atoms with Gasteiger partial charge in [0.1, 0.15) is 0 Å². The maximum Gasteiger partial charge on any atom is 0.433 e. The van der Waals surface area contributed by atoms with Gasteiger partial charge in [-0.1, -0.05) is 12.1 Å². The molecule has 156 valence electrons. The summed E-state index contributed by atoms with van der Waals surface area (Å²) in [5.74, 6) is -0.512. The quantitative estimate of drug-likeness (QED) is 0.447. The molecule has 0 atom stereocenters. The Labute approximate surface area is 182 Å². The van der Waals surface area contributed by atoms with E-state index in [2.05, 4.69) is 41.5 Å². The van der Waals surface area contributed by atoms with Crippen molar-refractivity contribution in [3.05, 3.63) is 82.7 Å². The molecule has 1 N–H and O–H groups in total. The number of nitrogens with one attached hydrogen (secondary N) is 1. The summed E-state index contributed by atoms with van der Waals surface area (Å²) in [5.41, 5.74) is -0.114. The van der Waals surface area contributed by atoms with Crippen molar-refractivity contribution in [3.63, 3.8) is 0 Å². The van der Waals surface area contributed by atoms with Crippen LogP contribution in [-0.2, 0) is 6.18 Å². The van der Waals surface area contributed by atoms with E-state index in [1.165, 1.54) is 24.5 Å². The Bertz CT molecular complexity index is 1230. The third-order valence-electron chi connectivity index (χ3n) is 4.18. The smallest absolute Gasteiger partial charge is 0.305 e. The predicted octanol–water partition coefficient (Wildman–Crippen LogP) is 4.76. The molecule has 1 aromatic carbocycles. The van der Waals surface area contributed by atoms with Crippen LogP contribution in [0.5, 0.6) is 0 Å². The van der Waals surface area contributed by atoms with Gasteiger partial charge >= 0.3 is 6.18 Å². The van der Waals surface area contributed by atoms with E-state index in [4.69, 9.17) is 0 Å². The number of aromatic nitrogens is 5. The maximum absolute atomic E-state index is 13.6. The lowest BCUT2D eigenvalue weighted by molar-refractivity contribution is -0.142. The number of carbonyl (C=O) groups excluding carboxylic acids is 1. The number of amides is 1. The number of benzene rings is 1. The highest BCUT2D eigenvalue weighted by molar-refractivity contribution is 9.10. The summed E-state index contributed by atoms with van der Waals surface area (Å²) >= 11 is 3.28. The van der Waals surface area contributed by atoms with Crippen LogP contribution in [-0.4, -0.2) is 30.9 Å². The second-order valence-electron chi connectivity index (χ2n) is 6.28. The molecule has 0 saturated heterocycles. The highest BCUT2D eigenvalue weighted by Gasteiger charge is 2.37. The van der Waals surface area contributed by atoms with Crippen molar-refractivity contribution in [2.24, 2.45) is 0 Å². The van der Waals surface area contributed by atoms with Gasteiger partial charge in [-0.05, 0) is 58.4 Å². The molecule has 31 heavy (non-hydrogen) atoms. The van der Waals surface area contributed by atoms with Gasteiger partial charge in [-0.25, -0.2) is 4.68 Å². The summed E-state index contributed by atoms with van der Waals surface area (Å²) in [4.78, 5) is 16.3. The topological polar surface area (TPSA) is 85.6 Å². The number of nitrogens with zero attached hydrogens (tertiary/aromatic N) is 5. The third-order valence-corrected chi connectivity index (χ3v) is 4.88. The molecule has 1 amide bonds. The minimum absolute atomic E-state index is 0.0812. The van der Waals surface area contributed by atoms with Gasteiger partial charge in [0.05, 0.1) is 11.3 Å². The summed E-state index contributed by atoms with van der Waals surface area (Å²) in [6, 6.07) is 13.5. The molecule has 0 saturated carbocycles. The van der Waals surface area contributed by atoms with E-state index in [0.717, 1.165) is 6.07 Å². The molecule has 0 aliphatic carbocycles. The monoisotopic (exact) mass is 488 g/mol. The fourth-order valence-corrected chi connectivity index (χ4v) is 3.21. The number of alkyl halides is 3. The van der Waals surface area contributed by atoms with Gasteiger partial charge in [-0.3, -0.25) is 9.78 Å². The molecule has 3 aromatic heterocycles. The van der Waals surface area contributed by atoms with Crippen molar-refractivity contribution in [2.75, 3.05) is 5.32 Å².